The monoisotopic (exact) mass is 399 g/mol. The van der Waals surface area contributed by atoms with Crippen molar-refractivity contribution in [2.24, 2.45) is 0 Å². The van der Waals surface area contributed by atoms with Crippen LogP contribution in [0, 0.1) is 0 Å². The van der Waals surface area contributed by atoms with Crippen LogP contribution in [-0.2, 0) is 22.4 Å². The van der Waals surface area contributed by atoms with E-state index in [2.05, 4.69) is 5.32 Å². The van der Waals surface area contributed by atoms with Crippen LogP contribution in [0.3, 0.4) is 0 Å². The van der Waals surface area contributed by atoms with Gasteiger partial charge < -0.3 is 5.32 Å². The lowest BCUT2D eigenvalue weighted by Gasteiger charge is -2.11. The summed E-state index contributed by atoms with van der Waals surface area (Å²) in [5.74, 6) is -0.583. The third kappa shape index (κ3) is 5.56. The van der Waals surface area contributed by atoms with E-state index in [1.165, 1.54) is 24.3 Å². The van der Waals surface area contributed by atoms with Crippen LogP contribution in [0.2, 0.25) is 0 Å². The predicted molar refractivity (Wildman–Crippen MR) is 96.3 cm³/mol. The summed E-state index contributed by atoms with van der Waals surface area (Å²) in [7, 11) is -3.55. The Morgan fingerprint density at radius 1 is 1.04 bits per heavy atom. The number of benzene rings is 2. The normalized spacial score (nSPS) is 12.0. The smallest absolute Gasteiger partial charge is 0.352 e. The molecule has 0 spiro atoms. The zero-order chi connectivity index (χ0) is 20.1. The molecule has 0 saturated heterocycles. The van der Waals surface area contributed by atoms with Crippen molar-refractivity contribution >= 4 is 15.7 Å². The molecule has 2 rings (SSSR count). The summed E-state index contributed by atoms with van der Waals surface area (Å²) in [5, 5.41) is 2.62. The maximum atomic E-state index is 12.5. The van der Waals surface area contributed by atoms with E-state index in [1.807, 2.05) is 0 Å². The maximum absolute atomic E-state index is 12.5. The zero-order valence-electron chi connectivity index (χ0n) is 14.7. The number of hydrogen-bond acceptors (Lipinski definition) is 3. The van der Waals surface area contributed by atoms with Crippen molar-refractivity contribution < 1.29 is 26.4 Å². The highest BCUT2D eigenvalue weighted by Gasteiger charge is 2.29. The number of sulfone groups is 1. The maximum Gasteiger partial charge on any atom is 0.416 e. The van der Waals surface area contributed by atoms with Crippen molar-refractivity contribution in [1.82, 2.24) is 5.32 Å². The highest BCUT2D eigenvalue weighted by molar-refractivity contribution is 7.91. The molecule has 1 N–H and O–H groups in total. The molecule has 0 aliphatic carbocycles. The molecule has 0 saturated carbocycles. The number of carbonyl (C=O) groups is 1. The Morgan fingerprint density at radius 2 is 1.67 bits per heavy atom. The summed E-state index contributed by atoms with van der Waals surface area (Å²) in [4.78, 5) is 12.4. The largest absolute Gasteiger partial charge is 0.416 e. The van der Waals surface area contributed by atoms with Gasteiger partial charge in [-0.3, -0.25) is 4.79 Å². The molecule has 27 heavy (non-hydrogen) atoms. The van der Waals surface area contributed by atoms with Crippen LogP contribution >= 0.6 is 0 Å². The second kappa shape index (κ2) is 8.56. The molecule has 0 atom stereocenters. The van der Waals surface area contributed by atoms with Crippen LogP contribution < -0.4 is 5.32 Å². The Balaban J connectivity index is 2.03. The van der Waals surface area contributed by atoms with Gasteiger partial charge in [0, 0.05) is 6.54 Å². The lowest BCUT2D eigenvalue weighted by Crippen LogP contribution is -2.27. The molecule has 0 aliphatic heterocycles. The minimum Gasteiger partial charge on any atom is -0.352 e. The Morgan fingerprint density at radius 3 is 2.26 bits per heavy atom. The fraction of sp³-hybridized carbons (Fsp3) is 0.316. The third-order valence-electron chi connectivity index (χ3n) is 3.92. The number of rotatable bonds is 7. The molecule has 0 heterocycles. The van der Waals surface area contributed by atoms with Crippen molar-refractivity contribution in [2.45, 2.75) is 30.8 Å². The van der Waals surface area contributed by atoms with E-state index < -0.39 is 27.5 Å². The highest BCUT2D eigenvalue weighted by Crippen LogP contribution is 2.29. The number of alkyl halides is 3. The van der Waals surface area contributed by atoms with E-state index in [0.717, 1.165) is 12.1 Å². The van der Waals surface area contributed by atoms with Crippen molar-refractivity contribution in [2.75, 3.05) is 12.3 Å². The number of halogens is 3. The first-order chi connectivity index (χ1) is 12.6. The summed E-state index contributed by atoms with van der Waals surface area (Å²) < 4.78 is 62.2. The molecule has 0 radical (unpaired) electrons. The van der Waals surface area contributed by atoms with Crippen molar-refractivity contribution in [3.8, 4) is 0 Å². The van der Waals surface area contributed by atoms with Crippen molar-refractivity contribution in [1.29, 1.82) is 0 Å². The average Bonchev–Trinajstić information content (AvgIpc) is 2.61. The van der Waals surface area contributed by atoms with Crippen LogP contribution in [0.15, 0.2) is 53.4 Å². The van der Waals surface area contributed by atoms with E-state index in [4.69, 9.17) is 0 Å². The number of hydrogen-bond donors (Lipinski definition) is 1. The van der Waals surface area contributed by atoms with E-state index in [-0.39, 0.29) is 22.8 Å². The molecule has 1 amide bonds. The topological polar surface area (TPSA) is 63.2 Å². The summed E-state index contributed by atoms with van der Waals surface area (Å²) in [5.41, 5.74) is -0.0288. The van der Waals surface area contributed by atoms with Gasteiger partial charge in [0.2, 0.25) is 0 Å². The molecule has 0 fully saturated rings. The second-order valence-electron chi connectivity index (χ2n) is 6.02. The lowest BCUT2D eigenvalue weighted by molar-refractivity contribution is -0.137. The quantitative estimate of drug-likeness (QED) is 0.769. The number of amides is 1. The number of carbonyl (C=O) groups excluding carboxylic acids is 1. The van der Waals surface area contributed by atoms with E-state index in [1.54, 1.807) is 19.1 Å². The molecule has 0 bridgehead atoms. The fourth-order valence-electron chi connectivity index (χ4n) is 2.58. The van der Waals surface area contributed by atoms with Crippen LogP contribution in [-0.4, -0.2) is 26.6 Å². The van der Waals surface area contributed by atoms with Crippen LogP contribution in [0.4, 0.5) is 13.2 Å². The van der Waals surface area contributed by atoms with Gasteiger partial charge in [-0.15, -0.1) is 0 Å². The van der Waals surface area contributed by atoms with Gasteiger partial charge in [0.15, 0.2) is 9.84 Å². The van der Waals surface area contributed by atoms with Crippen LogP contribution in [0.25, 0.3) is 0 Å². The Hall–Kier alpha value is -2.35. The molecular formula is C19H20F3NO3S. The van der Waals surface area contributed by atoms with Gasteiger partial charge in [0.1, 0.15) is 0 Å². The fourth-order valence-corrected chi connectivity index (χ4v) is 4.12. The zero-order valence-corrected chi connectivity index (χ0v) is 15.5. The van der Waals surface area contributed by atoms with Crippen LogP contribution in [0.5, 0.6) is 0 Å². The highest BCUT2D eigenvalue weighted by atomic mass is 32.2. The molecule has 0 unspecified atom stereocenters. The molecule has 2 aromatic rings. The third-order valence-corrected chi connectivity index (χ3v) is 5.89. The molecule has 0 aromatic heterocycles. The molecule has 8 heteroatoms. The van der Waals surface area contributed by atoms with Crippen molar-refractivity contribution in [3.05, 3.63) is 65.2 Å². The van der Waals surface area contributed by atoms with Crippen LogP contribution in [0.1, 0.15) is 34.8 Å². The average molecular weight is 399 g/mol. The van der Waals surface area contributed by atoms with Gasteiger partial charge in [0.05, 0.1) is 21.8 Å². The first kappa shape index (κ1) is 21.0. The predicted octanol–water partition coefficient (Wildman–Crippen LogP) is 3.86. The number of nitrogens with one attached hydrogen (secondary N) is 1. The van der Waals surface area contributed by atoms with Gasteiger partial charge in [0.25, 0.3) is 5.91 Å². The Kier molecular flexibility index (Phi) is 6.64. The summed E-state index contributed by atoms with van der Waals surface area (Å²) in [6, 6.07) is 10.7. The second-order valence-corrected chi connectivity index (χ2v) is 8.09. The molecule has 2 aromatic carbocycles. The van der Waals surface area contributed by atoms with E-state index in [9.17, 15) is 26.4 Å². The lowest BCUT2D eigenvalue weighted by atomic mass is 10.1. The first-order valence-electron chi connectivity index (χ1n) is 8.41. The van der Waals surface area contributed by atoms with Gasteiger partial charge >= 0.3 is 6.18 Å². The molecule has 0 aliphatic rings. The summed E-state index contributed by atoms with van der Waals surface area (Å²) in [6.07, 6.45) is -3.62. The Bertz CT molecular complexity index is 891. The van der Waals surface area contributed by atoms with Gasteiger partial charge in [-0.2, -0.15) is 13.2 Å². The molecule has 4 nitrogen and oxygen atoms in total. The summed E-state index contributed by atoms with van der Waals surface area (Å²) in [6.45, 7) is 1.91. The van der Waals surface area contributed by atoms with E-state index in [0.29, 0.717) is 18.4 Å². The minimum atomic E-state index is -4.39. The minimum absolute atomic E-state index is 0.0149. The molecule has 146 valence electrons. The van der Waals surface area contributed by atoms with Gasteiger partial charge in [-0.25, -0.2) is 8.42 Å². The van der Waals surface area contributed by atoms with E-state index >= 15 is 0 Å². The summed E-state index contributed by atoms with van der Waals surface area (Å²) >= 11 is 0. The van der Waals surface area contributed by atoms with Gasteiger partial charge in [-0.05, 0) is 42.7 Å². The first-order valence-corrected chi connectivity index (χ1v) is 10.1. The molecular weight excluding hydrogens is 379 g/mol. The van der Waals surface area contributed by atoms with Crippen molar-refractivity contribution in [3.63, 3.8) is 0 Å². The van der Waals surface area contributed by atoms with Gasteiger partial charge in [-0.1, -0.05) is 31.2 Å². The Labute approximate surface area is 156 Å². The standard InChI is InChI=1S/C19H20F3NO3S/c1-2-13-27(25,26)17-6-4-3-5-16(17)18(24)23-12-11-14-7-9-15(10-8-14)19(20,21)22/h3-10H,2,11-13H2,1H3,(H,23,24). The SMILES string of the molecule is CCCS(=O)(=O)c1ccccc1C(=O)NCCc1ccc(C(F)(F)F)cc1.